The number of amides is 1. The Morgan fingerprint density at radius 2 is 1.96 bits per heavy atom. The first-order valence-electron chi connectivity index (χ1n) is 7.15. The van der Waals surface area contributed by atoms with Gasteiger partial charge in [0.25, 0.3) is 0 Å². The molecule has 1 aromatic rings. The van der Waals surface area contributed by atoms with Crippen LogP contribution in [0.15, 0.2) is 12.3 Å². The number of hydrogen-bond donors (Lipinski definition) is 2. The molecule has 1 aliphatic rings. The Labute approximate surface area is 160 Å². The zero-order valence-corrected chi connectivity index (χ0v) is 15.5. The van der Waals surface area contributed by atoms with Gasteiger partial charge in [0.05, 0.1) is 17.6 Å². The number of nitrogens with two attached hydrogens (primary N) is 1. The van der Waals surface area contributed by atoms with Crippen LogP contribution in [0.2, 0.25) is 5.02 Å². The van der Waals surface area contributed by atoms with Crippen molar-refractivity contribution >= 4 is 42.3 Å². The summed E-state index contributed by atoms with van der Waals surface area (Å²) in [5.74, 6) is -0.359. The van der Waals surface area contributed by atoms with Gasteiger partial charge in [0.15, 0.2) is 0 Å². The second-order valence-corrected chi connectivity index (χ2v) is 5.88. The lowest BCUT2D eigenvalue weighted by molar-refractivity contribution is -0.137. The normalized spacial score (nSPS) is 15.7. The largest absolute Gasteiger partial charge is 0.475 e. The highest BCUT2D eigenvalue weighted by Gasteiger charge is 2.36. The van der Waals surface area contributed by atoms with E-state index in [9.17, 15) is 18.0 Å². The fraction of sp³-hybridized carbons (Fsp3) is 0.571. The van der Waals surface area contributed by atoms with Gasteiger partial charge in [-0.3, -0.25) is 4.79 Å². The Bertz CT molecular complexity index is 582. The van der Waals surface area contributed by atoms with Gasteiger partial charge in [-0.1, -0.05) is 24.4 Å². The SMILES string of the molecule is Cl.Cl.NC1(C(=O)NCCOc2ncc(C(F)(F)F)cc2Cl)CCCC1. The molecule has 3 N–H and O–H groups in total. The minimum absolute atomic E-state index is 0. The predicted octanol–water partition coefficient (Wildman–Crippen LogP) is 3.36. The quantitative estimate of drug-likeness (QED) is 0.711. The molecule has 1 aromatic heterocycles. The Hall–Kier alpha value is -0.960. The van der Waals surface area contributed by atoms with E-state index in [1.165, 1.54) is 0 Å². The molecule has 2 rings (SSSR count). The van der Waals surface area contributed by atoms with E-state index >= 15 is 0 Å². The number of nitrogens with one attached hydrogen (secondary N) is 1. The summed E-state index contributed by atoms with van der Waals surface area (Å²) in [7, 11) is 0. The van der Waals surface area contributed by atoms with Crippen molar-refractivity contribution < 1.29 is 22.7 Å². The standard InChI is InChI=1S/C14H17ClF3N3O2.2ClH/c15-10-7-9(14(16,17)18)8-21-11(10)23-6-5-20-12(22)13(19)3-1-2-4-13;;/h7-8H,1-6,19H2,(H,20,22);2*1H. The zero-order chi connectivity index (χ0) is 17.1. The fourth-order valence-electron chi connectivity index (χ4n) is 2.41. The van der Waals surface area contributed by atoms with Gasteiger partial charge in [-0.05, 0) is 18.9 Å². The summed E-state index contributed by atoms with van der Waals surface area (Å²) < 4.78 is 42.6. The Balaban J connectivity index is 0.00000288. The second kappa shape index (κ2) is 9.66. The minimum atomic E-state index is -4.51. The van der Waals surface area contributed by atoms with Crippen LogP contribution >= 0.6 is 36.4 Å². The van der Waals surface area contributed by atoms with Crippen molar-refractivity contribution in [2.24, 2.45) is 5.73 Å². The summed E-state index contributed by atoms with van der Waals surface area (Å²) in [6, 6.07) is 0.746. The molecule has 0 radical (unpaired) electrons. The summed E-state index contributed by atoms with van der Waals surface area (Å²) in [4.78, 5) is 15.5. The molecule has 0 unspecified atom stereocenters. The first-order valence-corrected chi connectivity index (χ1v) is 7.53. The lowest BCUT2D eigenvalue weighted by atomic mass is 9.98. The van der Waals surface area contributed by atoms with Gasteiger partial charge in [0.1, 0.15) is 11.6 Å². The molecule has 0 bridgehead atoms. The second-order valence-electron chi connectivity index (χ2n) is 5.48. The number of nitrogens with zero attached hydrogens (tertiary/aromatic N) is 1. The van der Waals surface area contributed by atoms with Crippen LogP contribution < -0.4 is 15.8 Å². The average molecular weight is 425 g/mol. The maximum Gasteiger partial charge on any atom is 0.417 e. The third kappa shape index (κ3) is 6.36. The first kappa shape index (κ1) is 24.0. The summed E-state index contributed by atoms with van der Waals surface area (Å²) >= 11 is 5.71. The Morgan fingerprint density at radius 3 is 2.48 bits per heavy atom. The average Bonchev–Trinajstić information content (AvgIpc) is 2.91. The molecule has 0 aromatic carbocycles. The number of rotatable bonds is 5. The molecular weight excluding hydrogens is 406 g/mol. The molecule has 0 atom stereocenters. The summed E-state index contributed by atoms with van der Waals surface area (Å²) in [6.07, 6.45) is -0.734. The lowest BCUT2D eigenvalue weighted by Gasteiger charge is -2.22. The van der Waals surface area contributed by atoms with E-state index in [4.69, 9.17) is 22.1 Å². The zero-order valence-electron chi connectivity index (χ0n) is 13.1. The molecule has 0 aliphatic heterocycles. The van der Waals surface area contributed by atoms with E-state index < -0.39 is 17.3 Å². The van der Waals surface area contributed by atoms with Crippen molar-refractivity contribution in [3.05, 3.63) is 22.8 Å². The van der Waals surface area contributed by atoms with Crippen LogP contribution in [0.25, 0.3) is 0 Å². The predicted molar refractivity (Wildman–Crippen MR) is 92.6 cm³/mol. The van der Waals surface area contributed by atoms with Crippen LogP contribution in [0.5, 0.6) is 5.88 Å². The Morgan fingerprint density at radius 1 is 1.36 bits per heavy atom. The molecule has 0 spiro atoms. The van der Waals surface area contributed by atoms with Gasteiger partial charge < -0.3 is 15.8 Å². The molecule has 5 nitrogen and oxygen atoms in total. The van der Waals surface area contributed by atoms with E-state index in [2.05, 4.69) is 10.3 Å². The number of hydrogen-bond acceptors (Lipinski definition) is 4. The third-order valence-electron chi connectivity index (χ3n) is 3.71. The van der Waals surface area contributed by atoms with Gasteiger partial charge in [-0.25, -0.2) is 4.98 Å². The Kier molecular flexibility index (Phi) is 9.29. The topological polar surface area (TPSA) is 77.2 Å². The molecule has 144 valence electrons. The van der Waals surface area contributed by atoms with Crippen LogP contribution in [0.4, 0.5) is 13.2 Å². The molecule has 0 saturated heterocycles. The maximum absolute atomic E-state index is 12.5. The fourth-order valence-corrected chi connectivity index (χ4v) is 2.63. The van der Waals surface area contributed by atoms with Crippen molar-refractivity contribution in [3.63, 3.8) is 0 Å². The first-order chi connectivity index (χ1) is 10.7. The summed E-state index contributed by atoms with van der Waals surface area (Å²) in [5, 5.41) is 2.41. The number of halogens is 6. The van der Waals surface area contributed by atoms with E-state index in [1.807, 2.05) is 0 Å². The van der Waals surface area contributed by atoms with E-state index in [0.717, 1.165) is 18.9 Å². The van der Waals surface area contributed by atoms with Crippen LogP contribution in [0.1, 0.15) is 31.2 Å². The minimum Gasteiger partial charge on any atom is -0.475 e. The van der Waals surface area contributed by atoms with Crippen molar-refractivity contribution in [2.45, 2.75) is 37.4 Å². The highest BCUT2D eigenvalue weighted by Crippen LogP contribution is 2.33. The highest BCUT2D eigenvalue weighted by molar-refractivity contribution is 6.31. The van der Waals surface area contributed by atoms with E-state index in [-0.39, 0.29) is 54.8 Å². The third-order valence-corrected chi connectivity index (χ3v) is 3.98. The maximum atomic E-state index is 12.5. The molecule has 11 heteroatoms. The van der Waals surface area contributed by atoms with Crippen LogP contribution in [0, 0.1) is 0 Å². The number of ether oxygens (including phenoxy) is 1. The summed E-state index contributed by atoms with van der Waals surface area (Å²) in [5.41, 5.74) is 4.21. The number of alkyl halides is 3. The van der Waals surface area contributed by atoms with Crippen molar-refractivity contribution in [1.82, 2.24) is 10.3 Å². The van der Waals surface area contributed by atoms with Crippen LogP contribution in [0.3, 0.4) is 0 Å². The molecular formula is C14H19Cl3F3N3O2. The van der Waals surface area contributed by atoms with Gasteiger partial charge in [0.2, 0.25) is 11.8 Å². The molecule has 1 fully saturated rings. The van der Waals surface area contributed by atoms with Crippen LogP contribution in [-0.4, -0.2) is 29.6 Å². The summed E-state index contributed by atoms with van der Waals surface area (Å²) in [6.45, 7) is 0.191. The number of carbonyl (C=O) groups is 1. The monoisotopic (exact) mass is 423 g/mol. The molecule has 1 saturated carbocycles. The van der Waals surface area contributed by atoms with Crippen molar-refractivity contribution in [2.75, 3.05) is 13.2 Å². The van der Waals surface area contributed by atoms with Gasteiger partial charge in [0, 0.05) is 6.20 Å². The van der Waals surface area contributed by atoms with Crippen molar-refractivity contribution in [3.8, 4) is 5.88 Å². The van der Waals surface area contributed by atoms with E-state index in [1.54, 1.807) is 0 Å². The number of pyridine rings is 1. The molecule has 1 aliphatic carbocycles. The van der Waals surface area contributed by atoms with Crippen molar-refractivity contribution in [1.29, 1.82) is 0 Å². The highest BCUT2D eigenvalue weighted by atomic mass is 35.5. The van der Waals surface area contributed by atoms with Gasteiger partial charge in [-0.15, -0.1) is 24.8 Å². The molecule has 1 amide bonds. The van der Waals surface area contributed by atoms with Crippen LogP contribution in [-0.2, 0) is 11.0 Å². The molecule has 25 heavy (non-hydrogen) atoms. The number of carbonyl (C=O) groups excluding carboxylic acids is 1. The smallest absolute Gasteiger partial charge is 0.417 e. The number of aromatic nitrogens is 1. The molecule has 1 heterocycles. The van der Waals surface area contributed by atoms with Gasteiger partial charge in [-0.2, -0.15) is 13.2 Å². The lowest BCUT2D eigenvalue weighted by Crippen LogP contribution is -2.52. The van der Waals surface area contributed by atoms with Gasteiger partial charge >= 0.3 is 6.18 Å². The van der Waals surface area contributed by atoms with E-state index in [0.29, 0.717) is 19.0 Å².